The molecule has 0 bridgehead atoms. The van der Waals surface area contributed by atoms with Crippen molar-refractivity contribution >= 4 is 5.91 Å². The van der Waals surface area contributed by atoms with Crippen molar-refractivity contribution in [2.24, 2.45) is 7.05 Å². The van der Waals surface area contributed by atoms with Crippen LogP contribution >= 0.6 is 0 Å². The van der Waals surface area contributed by atoms with E-state index in [9.17, 15) is 4.79 Å². The molecule has 1 saturated heterocycles. The van der Waals surface area contributed by atoms with Crippen molar-refractivity contribution in [3.8, 4) is 0 Å². The number of carbonyl (C=O) groups excluding carboxylic acids is 1. The smallest absolute Gasteiger partial charge is 0.253 e. The van der Waals surface area contributed by atoms with Gasteiger partial charge in [-0.15, -0.1) is 0 Å². The van der Waals surface area contributed by atoms with Crippen LogP contribution in [0.1, 0.15) is 12.6 Å². The van der Waals surface area contributed by atoms with Gasteiger partial charge in [-0.1, -0.05) is 0 Å². The number of carbonyl (C=O) groups is 1. The standard InChI is InChI=1S/C12H20N4O2/c1-12(9-15(2)6-7-18-12)11(17)13-8-10-4-5-14-16(10)3/h4-5H,6-9H2,1-3H3,(H,13,17). The molecule has 0 aliphatic carbocycles. The lowest BCUT2D eigenvalue weighted by molar-refractivity contribution is -0.155. The first kappa shape index (κ1) is 13.0. The van der Waals surface area contributed by atoms with Crippen LogP contribution in [0.25, 0.3) is 0 Å². The number of nitrogens with zero attached hydrogens (tertiary/aromatic N) is 3. The fourth-order valence-electron chi connectivity index (χ4n) is 2.14. The Morgan fingerprint density at radius 3 is 3.00 bits per heavy atom. The molecule has 1 aromatic heterocycles. The normalized spacial score (nSPS) is 25.1. The number of nitrogens with one attached hydrogen (secondary N) is 1. The highest BCUT2D eigenvalue weighted by atomic mass is 16.5. The number of rotatable bonds is 3. The molecule has 1 aliphatic rings. The molecule has 1 unspecified atom stereocenters. The molecule has 1 fully saturated rings. The van der Waals surface area contributed by atoms with E-state index in [1.54, 1.807) is 10.9 Å². The maximum absolute atomic E-state index is 12.2. The van der Waals surface area contributed by atoms with Gasteiger partial charge in [0.25, 0.3) is 5.91 Å². The lowest BCUT2D eigenvalue weighted by atomic mass is 10.0. The van der Waals surface area contributed by atoms with E-state index in [1.807, 2.05) is 27.1 Å². The van der Waals surface area contributed by atoms with Crippen molar-refractivity contribution in [2.75, 3.05) is 26.7 Å². The van der Waals surface area contributed by atoms with Crippen molar-refractivity contribution in [1.82, 2.24) is 20.0 Å². The van der Waals surface area contributed by atoms with E-state index in [1.165, 1.54) is 0 Å². The summed E-state index contributed by atoms with van der Waals surface area (Å²) in [6, 6.07) is 1.89. The number of aryl methyl sites for hydroxylation is 1. The van der Waals surface area contributed by atoms with Crippen molar-refractivity contribution in [3.63, 3.8) is 0 Å². The average molecular weight is 252 g/mol. The van der Waals surface area contributed by atoms with Crippen LogP contribution < -0.4 is 5.32 Å². The largest absolute Gasteiger partial charge is 0.363 e. The van der Waals surface area contributed by atoms with E-state index in [0.29, 0.717) is 19.7 Å². The lowest BCUT2D eigenvalue weighted by Gasteiger charge is -2.37. The van der Waals surface area contributed by atoms with E-state index in [2.05, 4.69) is 15.3 Å². The summed E-state index contributed by atoms with van der Waals surface area (Å²) in [6.07, 6.45) is 1.72. The third kappa shape index (κ3) is 2.70. The Kier molecular flexibility index (Phi) is 3.68. The maximum atomic E-state index is 12.2. The number of hydrogen-bond acceptors (Lipinski definition) is 4. The van der Waals surface area contributed by atoms with Gasteiger partial charge in [0.15, 0.2) is 5.60 Å². The molecule has 0 aromatic carbocycles. The molecular weight excluding hydrogens is 232 g/mol. The van der Waals surface area contributed by atoms with Gasteiger partial charge >= 0.3 is 0 Å². The Morgan fingerprint density at radius 1 is 1.61 bits per heavy atom. The third-order valence-electron chi connectivity index (χ3n) is 3.30. The molecule has 1 atom stereocenters. The van der Waals surface area contributed by atoms with E-state index in [-0.39, 0.29) is 5.91 Å². The summed E-state index contributed by atoms with van der Waals surface area (Å²) in [5, 5.41) is 6.97. The highest BCUT2D eigenvalue weighted by Gasteiger charge is 2.37. The number of hydrogen-bond donors (Lipinski definition) is 1. The highest BCUT2D eigenvalue weighted by Crippen LogP contribution is 2.16. The minimum Gasteiger partial charge on any atom is -0.363 e. The molecule has 1 amide bonds. The third-order valence-corrected chi connectivity index (χ3v) is 3.30. The first-order valence-electron chi connectivity index (χ1n) is 6.09. The summed E-state index contributed by atoms with van der Waals surface area (Å²) < 4.78 is 7.37. The van der Waals surface area contributed by atoms with Gasteiger partial charge in [0.05, 0.1) is 18.8 Å². The fraction of sp³-hybridized carbons (Fsp3) is 0.667. The second kappa shape index (κ2) is 5.07. The van der Waals surface area contributed by atoms with Gasteiger partial charge in [-0.05, 0) is 20.0 Å². The number of likely N-dealkylation sites (N-methyl/N-ethyl adjacent to an activating group) is 1. The van der Waals surface area contributed by atoms with Gasteiger partial charge in [-0.25, -0.2) is 0 Å². The number of aromatic nitrogens is 2. The fourth-order valence-corrected chi connectivity index (χ4v) is 2.14. The van der Waals surface area contributed by atoms with Crippen LogP contribution in [0.3, 0.4) is 0 Å². The second-order valence-corrected chi connectivity index (χ2v) is 4.95. The SMILES string of the molecule is CN1CCOC(C)(C(=O)NCc2ccnn2C)C1. The maximum Gasteiger partial charge on any atom is 0.253 e. The summed E-state index contributed by atoms with van der Waals surface area (Å²) >= 11 is 0. The van der Waals surface area contributed by atoms with Gasteiger partial charge < -0.3 is 15.0 Å². The van der Waals surface area contributed by atoms with E-state index in [0.717, 1.165) is 12.2 Å². The summed E-state index contributed by atoms with van der Waals surface area (Å²) in [6.45, 7) is 4.38. The predicted molar refractivity (Wildman–Crippen MR) is 66.9 cm³/mol. The zero-order valence-electron chi connectivity index (χ0n) is 11.1. The zero-order valence-corrected chi connectivity index (χ0v) is 11.1. The monoisotopic (exact) mass is 252 g/mol. The molecular formula is C12H20N4O2. The van der Waals surface area contributed by atoms with Crippen LogP contribution in [0.5, 0.6) is 0 Å². The van der Waals surface area contributed by atoms with Crippen LogP contribution in [0, 0.1) is 0 Å². The first-order chi connectivity index (χ1) is 8.51. The Morgan fingerprint density at radius 2 is 2.39 bits per heavy atom. The van der Waals surface area contributed by atoms with E-state index >= 15 is 0 Å². The van der Waals surface area contributed by atoms with Crippen molar-refractivity contribution in [3.05, 3.63) is 18.0 Å². The van der Waals surface area contributed by atoms with Crippen molar-refractivity contribution < 1.29 is 9.53 Å². The molecule has 2 heterocycles. The number of morpholine rings is 1. The summed E-state index contributed by atoms with van der Waals surface area (Å²) in [5.41, 5.74) is 0.210. The van der Waals surface area contributed by atoms with Gasteiger partial charge in [0.1, 0.15) is 0 Å². The van der Waals surface area contributed by atoms with Crippen LogP contribution in [0.15, 0.2) is 12.3 Å². The second-order valence-electron chi connectivity index (χ2n) is 4.95. The first-order valence-corrected chi connectivity index (χ1v) is 6.09. The van der Waals surface area contributed by atoms with Crippen LogP contribution in [0.4, 0.5) is 0 Å². The molecule has 2 rings (SSSR count). The molecule has 18 heavy (non-hydrogen) atoms. The van der Waals surface area contributed by atoms with E-state index in [4.69, 9.17) is 4.74 Å². The van der Waals surface area contributed by atoms with Crippen molar-refractivity contribution in [2.45, 2.75) is 19.1 Å². The molecule has 1 aromatic rings. The minimum atomic E-state index is -0.758. The topological polar surface area (TPSA) is 59.4 Å². The van der Waals surface area contributed by atoms with E-state index < -0.39 is 5.60 Å². The Hall–Kier alpha value is -1.40. The molecule has 1 N–H and O–H groups in total. The Balaban J connectivity index is 1.93. The van der Waals surface area contributed by atoms with Gasteiger partial charge in [0, 0.05) is 26.3 Å². The predicted octanol–water partition coefficient (Wildman–Crippen LogP) is -0.243. The molecule has 0 spiro atoms. The van der Waals surface area contributed by atoms with Crippen LogP contribution in [-0.4, -0.2) is 52.9 Å². The Bertz CT molecular complexity index is 431. The molecule has 1 aliphatic heterocycles. The summed E-state index contributed by atoms with van der Waals surface area (Å²) in [7, 11) is 3.85. The molecule has 100 valence electrons. The molecule has 6 nitrogen and oxygen atoms in total. The summed E-state index contributed by atoms with van der Waals surface area (Å²) in [4.78, 5) is 14.3. The quantitative estimate of drug-likeness (QED) is 0.806. The molecule has 0 radical (unpaired) electrons. The molecule has 6 heteroatoms. The van der Waals surface area contributed by atoms with Crippen LogP contribution in [0.2, 0.25) is 0 Å². The van der Waals surface area contributed by atoms with Gasteiger partial charge in [-0.2, -0.15) is 5.10 Å². The van der Waals surface area contributed by atoms with Crippen molar-refractivity contribution in [1.29, 1.82) is 0 Å². The van der Waals surface area contributed by atoms with Crippen LogP contribution in [-0.2, 0) is 23.1 Å². The summed E-state index contributed by atoms with van der Waals surface area (Å²) in [5.74, 6) is -0.0738. The average Bonchev–Trinajstić information content (AvgIpc) is 2.71. The molecule has 0 saturated carbocycles. The lowest BCUT2D eigenvalue weighted by Crippen LogP contribution is -2.57. The highest BCUT2D eigenvalue weighted by molar-refractivity contribution is 5.85. The number of ether oxygens (including phenoxy) is 1. The minimum absolute atomic E-state index is 0.0738. The van der Waals surface area contributed by atoms with Gasteiger partial charge in [0.2, 0.25) is 0 Å². The number of amides is 1. The van der Waals surface area contributed by atoms with Gasteiger partial charge in [-0.3, -0.25) is 9.48 Å². The zero-order chi connectivity index (χ0) is 13.2. The Labute approximate surface area is 107 Å².